The van der Waals surface area contributed by atoms with E-state index in [0.717, 1.165) is 42.2 Å². The molecule has 0 aromatic carbocycles. The third-order valence-electron chi connectivity index (χ3n) is 6.45. The Kier molecular flexibility index (Phi) is 4.31. The van der Waals surface area contributed by atoms with Crippen LogP contribution in [0.1, 0.15) is 57.2 Å². The molecule has 1 atom stereocenters. The minimum Gasteiger partial charge on any atom is -0.355 e. The molecule has 2 aliphatic heterocycles. The first-order valence-electron chi connectivity index (χ1n) is 10.5. The molecule has 6 heteroatoms. The molecule has 1 saturated carbocycles. The van der Waals surface area contributed by atoms with Crippen molar-refractivity contribution < 1.29 is 0 Å². The first-order valence-corrected chi connectivity index (χ1v) is 10.5. The van der Waals surface area contributed by atoms with Crippen LogP contribution < -0.4 is 4.90 Å². The summed E-state index contributed by atoms with van der Waals surface area (Å²) in [6, 6.07) is 4.21. The van der Waals surface area contributed by atoms with Crippen LogP contribution in [0.2, 0.25) is 0 Å². The van der Waals surface area contributed by atoms with Crippen molar-refractivity contribution in [1.29, 1.82) is 0 Å². The van der Waals surface area contributed by atoms with Gasteiger partial charge in [-0.25, -0.2) is 0 Å². The molecule has 1 unspecified atom stereocenters. The van der Waals surface area contributed by atoms with E-state index in [9.17, 15) is 0 Å². The van der Waals surface area contributed by atoms with E-state index in [4.69, 9.17) is 5.10 Å². The Hall–Kier alpha value is -1.69. The third-order valence-corrected chi connectivity index (χ3v) is 6.45. The summed E-state index contributed by atoms with van der Waals surface area (Å²) in [6.07, 6.45) is 7.81. The largest absolute Gasteiger partial charge is 0.355 e. The number of likely N-dealkylation sites (tertiary alicyclic amines) is 1. The van der Waals surface area contributed by atoms with Crippen LogP contribution in [0.15, 0.2) is 12.1 Å². The van der Waals surface area contributed by atoms with Gasteiger partial charge in [-0.3, -0.25) is 0 Å². The van der Waals surface area contributed by atoms with Crippen LogP contribution in [0.4, 0.5) is 5.82 Å². The molecule has 2 saturated heterocycles. The van der Waals surface area contributed by atoms with Crippen LogP contribution in [0.25, 0.3) is 5.65 Å². The van der Waals surface area contributed by atoms with E-state index in [1.807, 2.05) is 4.52 Å². The van der Waals surface area contributed by atoms with Gasteiger partial charge in [0.25, 0.3) is 0 Å². The standard InChI is InChI=1S/C20H30N6/c1-15-8-11-24(12-9-15)13-16-3-2-10-25(14-16)19-7-6-18-21-22-20(17-4-5-17)26(18)23-19/h6-7,15-17H,2-5,8-14H2,1H3. The number of rotatable bonds is 4. The van der Waals surface area contributed by atoms with Crippen molar-refractivity contribution in [2.75, 3.05) is 37.6 Å². The summed E-state index contributed by atoms with van der Waals surface area (Å²) in [4.78, 5) is 5.17. The zero-order chi connectivity index (χ0) is 17.5. The quantitative estimate of drug-likeness (QED) is 0.845. The van der Waals surface area contributed by atoms with E-state index >= 15 is 0 Å². The molecule has 6 nitrogen and oxygen atoms in total. The van der Waals surface area contributed by atoms with Gasteiger partial charge in [-0.2, -0.15) is 4.52 Å². The summed E-state index contributed by atoms with van der Waals surface area (Å²) in [6.45, 7) is 8.47. The Balaban J connectivity index is 1.28. The summed E-state index contributed by atoms with van der Waals surface area (Å²) in [5.41, 5.74) is 0.881. The van der Waals surface area contributed by atoms with Crippen molar-refractivity contribution in [3.05, 3.63) is 18.0 Å². The van der Waals surface area contributed by atoms with Gasteiger partial charge in [-0.05, 0) is 75.6 Å². The smallest absolute Gasteiger partial charge is 0.178 e. The molecule has 5 rings (SSSR count). The second-order valence-electron chi connectivity index (χ2n) is 8.73. The molecule has 0 amide bonds. The van der Waals surface area contributed by atoms with Crippen LogP contribution >= 0.6 is 0 Å². The van der Waals surface area contributed by atoms with E-state index in [0.29, 0.717) is 5.92 Å². The highest BCUT2D eigenvalue weighted by molar-refractivity contribution is 5.46. The van der Waals surface area contributed by atoms with Crippen molar-refractivity contribution in [3.63, 3.8) is 0 Å². The minimum atomic E-state index is 0.573. The van der Waals surface area contributed by atoms with Crippen molar-refractivity contribution in [2.24, 2.45) is 11.8 Å². The van der Waals surface area contributed by atoms with Gasteiger partial charge in [0.2, 0.25) is 0 Å². The van der Waals surface area contributed by atoms with E-state index in [1.54, 1.807) is 0 Å². The van der Waals surface area contributed by atoms with Gasteiger partial charge in [-0.15, -0.1) is 15.3 Å². The molecule has 4 heterocycles. The average molecular weight is 355 g/mol. The lowest BCUT2D eigenvalue weighted by molar-refractivity contribution is 0.159. The zero-order valence-electron chi connectivity index (χ0n) is 15.8. The van der Waals surface area contributed by atoms with Crippen molar-refractivity contribution >= 4 is 11.5 Å². The van der Waals surface area contributed by atoms with Crippen LogP contribution in [-0.2, 0) is 0 Å². The summed E-state index contributed by atoms with van der Waals surface area (Å²) in [5, 5.41) is 13.6. The van der Waals surface area contributed by atoms with Gasteiger partial charge in [0.15, 0.2) is 11.5 Å². The maximum atomic E-state index is 4.92. The molecule has 2 aromatic rings. The first-order chi connectivity index (χ1) is 12.8. The summed E-state index contributed by atoms with van der Waals surface area (Å²) in [7, 11) is 0. The van der Waals surface area contributed by atoms with Crippen molar-refractivity contribution in [2.45, 2.75) is 51.4 Å². The maximum Gasteiger partial charge on any atom is 0.178 e. The fourth-order valence-corrected chi connectivity index (χ4v) is 4.59. The lowest BCUT2D eigenvalue weighted by atomic mass is 9.94. The number of nitrogens with zero attached hydrogens (tertiary/aromatic N) is 6. The Bertz CT molecular complexity index is 759. The number of fused-ring (bicyclic) bond motifs is 1. The highest BCUT2D eigenvalue weighted by Crippen LogP contribution is 2.38. The van der Waals surface area contributed by atoms with Gasteiger partial charge >= 0.3 is 0 Å². The van der Waals surface area contributed by atoms with Crippen LogP contribution in [0, 0.1) is 11.8 Å². The molecule has 26 heavy (non-hydrogen) atoms. The molecular formula is C20H30N6. The maximum absolute atomic E-state index is 4.92. The van der Waals surface area contributed by atoms with Gasteiger partial charge in [-0.1, -0.05) is 6.92 Å². The molecule has 3 fully saturated rings. The summed E-state index contributed by atoms with van der Waals surface area (Å²) in [5.74, 6) is 4.39. The molecule has 3 aliphatic rings. The summed E-state index contributed by atoms with van der Waals surface area (Å²) >= 11 is 0. The molecule has 1 aliphatic carbocycles. The van der Waals surface area contributed by atoms with Crippen molar-refractivity contribution in [1.82, 2.24) is 24.7 Å². The molecule has 0 N–H and O–H groups in total. The fraction of sp³-hybridized carbons (Fsp3) is 0.750. The number of hydrogen-bond donors (Lipinski definition) is 0. The number of aromatic nitrogens is 4. The molecule has 0 spiro atoms. The van der Waals surface area contributed by atoms with Gasteiger partial charge in [0, 0.05) is 25.6 Å². The predicted molar refractivity (Wildman–Crippen MR) is 103 cm³/mol. The SMILES string of the molecule is CC1CCN(CC2CCCN(c3ccc4nnc(C5CC5)n4n3)C2)CC1. The molecule has 0 bridgehead atoms. The van der Waals surface area contributed by atoms with E-state index < -0.39 is 0 Å². The van der Waals surface area contributed by atoms with E-state index in [-0.39, 0.29) is 0 Å². The number of hydrogen-bond acceptors (Lipinski definition) is 5. The summed E-state index contributed by atoms with van der Waals surface area (Å²) < 4.78 is 1.99. The topological polar surface area (TPSA) is 49.6 Å². The molecule has 140 valence electrons. The highest BCUT2D eigenvalue weighted by Gasteiger charge is 2.30. The number of piperidine rings is 2. The van der Waals surface area contributed by atoms with E-state index in [1.165, 1.54) is 58.2 Å². The Morgan fingerprint density at radius 1 is 1.00 bits per heavy atom. The lowest BCUT2D eigenvalue weighted by Gasteiger charge is -2.38. The Morgan fingerprint density at radius 3 is 2.65 bits per heavy atom. The predicted octanol–water partition coefficient (Wildman–Crippen LogP) is 2.95. The second-order valence-corrected chi connectivity index (χ2v) is 8.73. The highest BCUT2D eigenvalue weighted by atomic mass is 15.4. The van der Waals surface area contributed by atoms with Crippen LogP contribution in [-0.4, -0.2) is 57.4 Å². The van der Waals surface area contributed by atoms with Crippen LogP contribution in [0.3, 0.4) is 0 Å². The van der Waals surface area contributed by atoms with Gasteiger partial charge in [0.1, 0.15) is 5.82 Å². The van der Waals surface area contributed by atoms with Gasteiger partial charge in [0.05, 0.1) is 0 Å². The monoisotopic (exact) mass is 354 g/mol. The Morgan fingerprint density at radius 2 is 1.85 bits per heavy atom. The average Bonchev–Trinajstić information content (AvgIpc) is 3.43. The molecule has 2 aromatic heterocycles. The van der Waals surface area contributed by atoms with Gasteiger partial charge < -0.3 is 9.80 Å². The normalized spacial score (nSPS) is 25.9. The van der Waals surface area contributed by atoms with Crippen LogP contribution in [0.5, 0.6) is 0 Å². The minimum absolute atomic E-state index is 0.573. The zero-order valence-corrected chi connectivity index (χ0v) is 15.8. The number of anilines is 1. The van der Waals surface area contributed by atoms with E-state index in [2.05, 4.69) is 39.1 Å². The molecular weight excluding hydrogens is 324 g/mol. The lowest BCUT2D eigenvalue weighted by Crippen LogP contribution is -2.43. The Labute approximate surface area is 155 Å². The fourth-order valence-electron chi connectivity index (χ4n) is 4.59. The van der Waals surface area contributed by atoms with Crippen molar-refractivity contribution in [3.8, 4) is 0 Å². The molecule has 0 radical (unpaired) electrons. The second kappa shape index (κ2) is 6.80. The third kappa shape index (κ3) is 3.31. The first kappa shape index (κ1) is 16.5.